The summed E-state index contributed by atoms with van der Waals surface area (Å²) in [6.07, 6.45) is 0. The SMILES string of the molecule is c1ccc(-c2ccc(-c3ccc4c(c3)C3(c5ccccc5-c5cc6c(cc53)-c3ccccc3C63c5cc(-c6ccc(-c7ccccc7)cc6)ccc5-c5ccc(-c6ccc(-c7ccccc7)cc6)cc53)c3cc(-c5ccc(-c6ccccc6)cc5)ccc3-4)cc2)cc1. The molecule has 0 saturated carbocycles. The quantitative estimate of drug-likeness (QED) is 0.142. The Bertz CT molecular complexity index is 4820. The Hall–Kier alpha value is -11.7. The zero-order valence-electron chi connectivity index (χ0n) is 50.5. The maximum atomic E-state index is 2.66. The van der Waals surface area contributed by atoms with Gasteiger partial charge in [-0.05, 0) is 214 Å². The molecule has 4 aliphatic carbocycles. The zero-order chi connectivity index (χ0) is 60.5. The summed E-state index contributed by atoms with van der Waals surface area (Å²) in [5, 5.41) is 0. The van der Waals surface area contributed by atoms with Crippen molar-refractivity contribution in [2.45, 2.75) is 10.8 Å². The standard InChI is InChI=1S/C92H58/c1-5-17-59(18-6-1)63-29-37-67(38-30-63)71-45-49-77-78-50-46-72(68-39-31-64(32-40-68)60-19-7-2-8-20-60)54-86(78)91(85(77)53-71)83-27-15-13-25-75(83)81-58-90-82(57-89(81)91)76-26-14-16-28-84(76)92(90)87-55-73(69-41-33-65(34-42-69)61-21-9-3-10-22-61)47-51-79(87)80-52-48-74(56-88(80)92)70-43-35-66(36-44-70)62-23-11-4-12-24-62/h1-58H. The topological polar surface area (TPSA) is 0 Å². The minimum atomic E-state index is -0.653. The van der Waals surface area contributed by atoms with Crippen molar-refractivity contribution in [1.29, 1.82) is 0 Å². The molecule has 4 aliphatic rings. The van der Waals surface area contributed by atoms with Crippen LogP contribution in [0.4, 0.5) is 0 Å². The lowest BCUT2D eigenvalue weighted by molar-refractivity contribution is 0.784. The molecular weight excluding hydrogens is 1110 g/mol. The smallest absolute Gasteiger partial charge is 0.0622 e. The van der Waals surface area contributed by atoms with Crippen molar-refractivity contribution in [2.75, 3.05) is 0 Å². The summed E-state index contributed by atoms with van der Waals surface area (Å²) in [6.45, 7) is 0. The second kappa shape index (κ2) is 20.4. The Morgan fingerprint density at radius 2 is 0.283 bits per heavy atom. The number of hydrogen-bond donors (Lipinski definition) is 0. The third-order valence-electron chi connectivity index (χ3n) is 20.8. The van der Waals surface area contributed by atoms with Crippen LogP contribution in [0.2, 0.25) is 0 Å². The summed E-state index contributed by atoms with van der Waals surface area (Å²) < 4.78 is 0. The molecule has 2 spiro atoms. The average Bonchev–Trinajstić information content (AvgIpc) is 1.49. The van der Waals surface area contributed by atoms with E-state index in [2.05, 4.69) is 352 Å². The molecule has 0 radical (unpaired) electrons. The van der Waals surface area contributed by atoms with Crippen molar-refractivity contribution in [3.8, 4) is 134 Å². The Labute approximate surface area is 537 Å². The van der Waals surface area contributed by atoms with Crippen LogP contribution in [0.25, 0.3) is 134 Å². The highest BCUT2D eigenvalue weighted by atomic mass is 14.6. The molecular formula is C92H58. The van der Waals surface area contributed by atoms with Gasteiger partial charge in [-0.15, -0.1) is 0 Å². The molecule has 0 atom stereocenters. The molecule has 426 valence electrons. The van der Waals surface area contributed by atoms with Crippen molar-refractivity contribution >= 4 is 0 Å². The third kappa shape index (κ3) is 7.71. The predicted octanol–water partition coefficient (Wildman–Crippen LogP) is 23.7. The van der Waals surface area contributed by atoms with E-state index < -0.39 is 10.8 Å². The van der Waals surface area contributed by atoms with E-state index in [9.17, 15) is 0 Å². The van der Waals surface area contributed by atoms with Crippen LogP contribution in [-0.2, 0) is 10.8 Å². The van der Waals surface area contributed by atoms with E-state index in [1.807, 2.05) is 0 Å². The van der Waals surface area contributed by atoms with Gasteiger partial charge >= 0.3 is 0 Å². The molecule has 0 amide bonds. The fraction of sp³-hybridized carbons (Fsp3) is 0.0217. The zero-order valence-corrected chi connectivity index (χ0v) is 50.5. The van der Waals surface area contributed by atoms with Crippen molar-refractivity contribution in [3.05, 3.63) is 396 Å². The van der Waals surface area contributed by atoms with Crippen LogP contribution in [0.5, 0.6) is 0 Å². The van der Waals surface area contributed by atoms with E-state index in [1.54, 1.807) is 0 Å². The van der Waals surface area contributed by atoms with Crippen molar-refractivity contribution in [3.63, 3.8) is 0 Å². The van der Waals surface area contributed by atoms with Crippen molar-refractivity contribution in [2.24, 2.45) is 0 Å². The second-order valence-electron chi connectivity index (χ2n) is 25.3. The van der Waals surface area contributed by atoms with Gasteiger partial charge < -0.3 is 0 Å². The van der Waals surface area contributed by atoms with Crippen LogP contribution < -0.4 is 0 Å². The lowest BCUT2D eigenvalue weighted by atomic mass is 9.68. The van der Waals surface area contributed by atoms with Crippen molar-refractivity contribution < 1.29 is 0 Å². The molecule has 0 unspecified atom stereocenters. The van der Waals surface area contributed by atoms with Crippen LogP contribution >= 0.6 is 0 Å². The third-order valence-corrected chi connectivity index (χ3v) is 20.8. The molecule has 0 nitrogen and oxygen atoms in total. The highest BCUT2D eigenvalue weighted by Crippen LogP contribution is 2.69. The highest BCUT2D eigenvalue weighted by molar-refractivity contribution is 6.03. The van der Waals surface area contributed by atoms with E-state index in [-0.39, 0.29) is 0 Å². The molecule has 19 rings (SSSR count). The Morgan fingerprint density at radius 3 is 0.533 bits per heavy atom. The van der Waals surface area contributed by atoms with Crippen LogP contribution in [0.1, 0.15) is 44.5 Å². The fourth-order valence-electron chi connectivity index (χ4n) is 16.5. The molecule has 0 aromatic heterocycles. The Morgan fingerprint density at radius 1 is 0.109 bits per heavy atom. The summed E-state index contributed by atoms with van der Waals surface area (Å²) in [5.74, 6) is 0. The molecule has 0 aliphatic heterocycles. The molecule has 0 fully saturated rings. The molecule has 0 heteroatoms. The van der Waals surface area contributed by atoms with E-state index in [0.29, 0.717) is 0 Å². The maximum absolute atomic E-state index is 2.66. The molecule has 15 aromatic rings. The summed E-state index contributed by atoms with van der Waals surface area (Å²) in [4.78, 5) is 0. The summed E-state index contributed by atoms with van der Waals surface area (Å²) in [5.41, 5.74) is 38.9. The van der Waals surface area contributed by atoms with Gasteiger partial charge in [0.05, 0.1) is 10.8 Å². The maximum Gasteiger partial charge on any atom is 0.0726 e. The summed E-state index contributed by atoms with van der Waals surface area (Å²) in [7, 11) is 0. The average molecular weight is 1160 g/mol. The minimum Gasteiger partial charge on any atom is -0.0622 e. The van der Waals surface area contributed by atoms with Gasteiger partial charge in [-0.1, -0.05) is 315 Å². The van der Waals surface area contributed by atoms with Gasteiger partial charge in [-0.3, -0.25) is 0 Å². The van der Waals surface area contributed by atoms with Gasteiger partial charge in [0, 0.05) is 0 Å². The lowest BCUT2D eigenvalue weighted by Crippen LogP contribution is -2.27. The van der Waals surface area contributed by atoms with Gasteiger partial charge in [-0.25, -0.2) is 0 Å². The van der Waals surface area contributed by atoms with Crippen LogP contribution in [0.3, 0.4) is 0 Å². The molecule has 92 heavy (non-hydrogen) atoms. The molecule has 0 N–H and O–H groups in total. The van der Waals surface area contributed by atoms with Gasteiger partial charge in [0.25, 0.3) is 0 Å². The molecule has 0 bridgehead atoms. The highest BCUT2D eigenvalue weighted by Gasteiger charge is 2.56. The molecule has 0 heterocycles. The molecule has 0 saturated heterocycles. The normalized spacial score (nSPS) is 13.4. The first kappa shape index (κ1) is 52.3. The first-order valence-electron chi connectivity index (χ1n) is 32.2. The monoisotopic (exact) mass is 1160 g/mol. The molecule has 15 aromatic carbocycles. The van der Waals surface area contributed by atoms with Gasteiger partial charge in [0.15, 0.2) is 0 Å². The van der Waals surface area contributed by atoms with Gasteiger partial charge in [-0.2, -0.15) is 0 Å². The van der Waals surface area contributed by atoms with Crippen LogP contribution in [0, 0.1) is 0 Å². The van der Waals surface area contributed by atoms with E-state index in [4.69, 9.17) is 0 Å². The first-order chi connectivity index (χ1) is 45.6. The van der Waals surface area contributed by atoms with Crippen LogP contribution in [0.15, 0.2) is 352 Å². The van der Waals surface area contributed by atoms with Gasteiger partial charge in [0.1, 0.15) is 0 Å². The summed E-state index contributed by atoms with van der Waals surface area (Å²) in [6, 6.07) is 133. The predicted molar refractivity (Wildman–Crippen MR) is 383 cm³/mol. The Balaban J connectivity index is 0.844. The fourth-order valence-corrected chi connectivity index (χ4v) is 16.5. The van der Waals surface area contributed by atoms with Crippen LogP contribution in [-0.4, -0.2) is 0 Å². The summed E-state index contributed by atoms with van der Waals surface area (Å²) >= 11 is 0. The minimum absolute atomic E-state index is 0.653. The number of benzene rings is 15. The largest absolute Gasteiger partial charge is 0.0726 e. The van der Waals surface area contributed by atoms with Crippen molar-refractivity contribution in [1.82, 2.24) is 0 Å². The number of rotatable bonds is 8. The van der Waals surface area contributed by atoms with Gasteiger partial charge in [0.2, 0.25) is 0 Å². The van der Waals surface area contributed by atoms with E-state index >= 15 is 0 Å². The van der Waals surface area contributed by atoms with E-state index in [1.165, 1.54) is 178 Å². The Kier molecular flexibility index (Phi) is 11.6. The first-order valence-corrected chi connectivity index (χ1v) is 32.2. The second-order valence-corrected chi connectivity index (χ2v) is 25.3. The lowest BCUT2D eigenvalue weighted by Gasteiger charge is -2.33. The van der Waals surface area contributed by atoms with E-state index in [0.717, 1.165) is 0 Å². The number of hydrogen-bond acceptors (Lipinski definition) is 0. The number of fused-ring (bicyclic) bond motifs is 20.